The third kappa shape index (κ3) is 4.73. The number of sulfone groups is 1. The second-order valence-corrected chi connectivity index (χ2v) is 9.73. The number of aromatic nitrogens is 2. The summed E-state index contributed by atoms with van der Waals surface area (Å²) >= 11 is 6.07. The molecule has 2 N–H and O–H groups in total. The van der Waals surface area contributed by atoms with E-state index < -0.39 is 9.84 Å². The Balaban J connectivity index is 1.80. The van der Waals surface area contributed by atoms with Crippen LogP contribution in [0.25, 0.3) is 0 Å². The number of anilines is 2. The van der Waals surface area contributed by atoms with Crippen LogP contribution >= 0.6 is 11.6 Å². The lowest BCUT2D eigenvalue weighted by molar-refractivity contribution is 0.230. The minimum Gasteiger partial charge on any atom is -0.495 e. The molecule has 8 nitrogen and oxygen atoms in total. The Morgan fingerprint density at radius 3 is 2.48 bits per heavy atom. The zero-order chi connectivity index (χ0) is 21.2. The Morgan fingerprint density at radius 2 is 1.93 bits per heavy atom. The van der Waals surface area contributed by atoms with Gasteiger partial charge in [-0.25, -0.2) is 13.4 Å². The van der Waals surface area contributed by atoms with E-state index in [1.54, 1.807) is 0 Å². The van der Waals surface area contributed by atoms with Crippen LogP contribution in [0.3, 0.4) is 0 Å². The van der Waals surface area contributed by atoms with E-state index >= 15 is 0 Å². The Hall–Kier alpha value is -2.10. The first-order valence-electron chi connectivity index (χ1n) is 9.41. The summed E-state index contributed by atoms with van der Waals surface area (Å²) in [5.74, 6) is 1.37. The van der Waals surface area contributed by atoms with E-state index in [0.717, 1.165) is 32.7 Å². The number of halogens is 1. The number of nitrogens with zero attached hydrogens (tertiary/aromatic N) is 4. The Kier molecular flexibility index (Phi) is 6.50. The molecule has 0 spiro atoms. The monoisotopic (exact) mass is 439 g/mol. The molecule has 0 bridgehead atoms. The maximum Gasteiger partial charge on any atom is 0.227 e. The fourth-order valence-corrected chi connectivity index (χ4v) is 4.93. The van der Waals surface area contributed by atoms with Crippen molar-refractivity contribution in [3.63, 3.8) is 0 Å². The lowest BCUT2D eigenvalue weighted by atomic mass is 10.2. The molecule has 1 aromatic carbocycles. The topological polar surface area (TPSA) is 102 Å². The van der Waals surface area contributed by atoms with Crippen LogP contribution in [0.1, 0.15) is 13.8 Å². The van der Waals surface area contributed by atoms with Crippen molar-refractivity contribution in [3.8, 4) is 5.75 Å². The van der Waals surface area contributed by atoms with Crippen molar-refractivity contribution in [1.29, 1.82) is 0 Å². The number of nitrogens with two attached hydrogens (primary N) is 1. The maximum atomic E-state index is 13.0. The smallest absolute Gasteiger partial charge is 0.227 e. The van der Waals surface area contributed by atoms with Crippen LogP contribution in [0.5, 0.6) is 5.75 Å². The molecule has 0 saturated carbocycles. The van der Waals surface area contributed by atoms with Gasteiger partial charge >= 0.3 is 0 Å². The van der Waals surface area contributed by atoms with Crippen LogP contribution in [-0.4, -0.2) is 63.1 Å². The van der Waals surface area contributed by atoms with Crippen molar-refractivity contribution in [2.75, 3.05) is 50.5 Å². The number of nitrogen functional groups attached to an aromatic ring is 1. The van der Waals surface area contributed by atoms with E-state index in [4.69, 9.17) is 22.1 Å². The molecular weight excluding hydrogens is 414 g/mol. The van der Waals surface area contributed by atoms with E-state index in [2.05, 4.69) is 28.7 Å². The van der Waals surface area contributed by atoms with Crippen LogP contribution in [0.2, 0.25) is 5.02 Å². The fraction of sp³-hybridized carbons (Fsp3) is 0.474. The third-order valence-electron chi connectivity index (χ3n) is 4.77. The average molecular weight is 440 g/mol. The van der Waals surface area contributed by atoms with Gasteiger partial charge in [-0.3, -0.25) is 4.90 Å². The van der Waals surface area contributed by atoms with Crippen LogP contribution in [0.15, 0.2) is 34.2 Å². The summed E-state index contributed by atoms with van der Waals surface area (Å²) < 4.78 is 31.0. The number of benzene rings is 1. The molecule has 0 aliphatic carbocycles. The van der Waals surface area contributed by atoms with E-state index in [1.165, 1.54) is 31.5 Å². The van der Waals surface area contributed by atoms with Gasteiger partial charge in [0.2, 0.25) is 15.8 Å². The summed E-state index contributed by atoms with van der Waals surface area (Å²) in [5.41, 5.74) is 6.01. The van der Waals surface area contributed by atoms with Gasteiger partial charge in [0.25, 0.3) is 0 Å². The Labute approximate surface area is 176 Å². The number of hydrogen-bond acceptors (Lipinski definition) is 8. The Morgan fingerprint density at radius 1 is 1.24 bits per heavy atom. The molecule has 0 unspecified atom stereocenters. The molecule has 2 heterocycles. The number of hydrogen-bond donors (Lipinski definition) is 1. The number of methoxy groups -OCH3 is 1. The van der Waals surface area contributed by atoms with E-state index in [9.17, 15) is 8.42 Å². The SMILES string of the molecule is COc1ccc(S(=O)(=O)c2cnc(N3CCN(CC(C)C)CC3)nc2N)cc1Cl. The first-order chi connectivity index (χ1) is 13.7. The predicted octanol–water partition coefficient (Wildman–Crippen LogP) is 2.33. The molecule has 1 saturated heterocycles. The van der Waals surface area contributed by atoms with Crippen molar-refractivity contribution in [3.05, 3.63) is 29.4 Å². The zero-order valence-corrected chi connectivity index (χ0v) is 18.4. The fourth-order valence-electron chi connectivity index (χ4n) is 3.32. The van der Waals surface area contributed by atoms with Crippen molar-refractivity contribution in [1.82, 2.24) is 14.9 Å². The van der Waals surface area contributed by atoms with Crippen molar-refractivity contribution in [2.45, 2.75) is 23.6 Å². The van der Waals surface area contributed by atoms with Gasteiger partial charge in [0, 0.05) is 32.7 Å². The third-order valence-corrected chi connectivity index (χ3v) is 6.84. The highest BCUT2D eigenvalue weighted by atomic mass is 35.5. The summed E-state index contributed by atoms with van der Waals surface area (Å²) in [4.78, 5) is 12.8. The standard InChI is InChI=1S/C19H26ClN5O3S/c1-13(2)12-24-6-8-25(9-7-24)19-22-11-17(18(21)23-19)29(26,27)14-4-5-16(28-3)15(20)10-14/h4-5,10-11,13H,6-9,12H2,1-3H3,(H2,21,22,23). The first-order valence-corrected chi connectivity index (χ1v) is 11.3. The minimum atomic E-state index is -3.90. The van der Waals surface area contributed by atoms with Crippen LogP contribution in [-0.2, 0) is 9.84 Å². The molecule has 1 aromatic heterocycles. The molecule has 0 amide bonds. The molecular formula is C19H26ClN5O3S. The number of piperazine rings is 1. The van der Waals surface area contributed by atoms with Crippen molar-refractivity contribution < 1.29 is 13.2 Å². The quantitative estimate of drug-likeness (QED) is 0.731. The molecule has 158 valence electrons. The molecule has 0 atom stereocenters. The minimum absolute atomic E-state index is 0.00801. The summed E-state index contributed by atoms with van der Waals surface area (Å²) in [5, 5.41) is 0.198. The largest absolute Gasteiger partial charge is 0.495 e. The van der Waals surface area contributed by atoms with E-state index in [-0.39, 0.29) is 20.6 Å². The molecule has 10 heteroatoms. The maximum absolute atomic E-state index is 13.0. The van der Waals surface area contributed by atoms with Crippen molar-refractivity contribution >= 4 is 33.2 Å². The number of ether oxygens (including phenoxy) is 1. The molecule has 2 aromatic rings. The van der Waals surface area contributed by atoms with Gasteiger partial charge in [0.1, 0.15) is 16.5 Å². The summed E-state index contributed by atoms with van der Waals surface area (Å²) in [6.45, 7) is 8.81. The summed E-state index contributed by atoms with van der Waals surface area (Å²) in [7, 11) is -2.44. The summed E-state index contributed by atoms with van der Waals surface area (Å²) in [6.07, 6.45) is 1.27. The van der Waals surface area contributed by atoms with Gasteiger partial charge in [-0.1, -0.05) is 25.4 Å². The summed E-state index contributed by atoms with van der Waals surface area (Å²) in [6, 6.07) is 4.25. The van der Waals surface area contributed by atoms with Gasteiger partial charge in [0.15, 0.2) is 0 Å². The second kappa shape index (κ2) is 8.73. The number of rotatable bonds is 6. The highest BCUT2D eigenvalue weighted by Gasteiger charge is 2.25. The van der Waals surface area contributed by atoms with Gasteiger partial charge in [-0.15, -0.1) is 0 Å². The molecule has 29 heavy (non-hydrogen) atoms. The molecule has 3 rings (SSSR count). The molecule has 1 aliphatic rings. The van der Waals surface area contributed by atoms with E-state index in [1.807, 2.05) is 4.90 Å². The first kappa shape index (κ1) is 21.6. The molecule has 0 radical (unpaired) electrons. The Bertz CT molecular complexity index is 976. The molecule has 1 aliphatic heterocycles. The lowest BCUT2D eigenvalue weighted by Gasteiger charge is -2.35. The average Bonchev–Trinajstić information content (AvgIpc) is 2.67. The molecule has 1 fully saturated rings. The van der Waals surface area contributed by atoms with E-state index in [0.29, 0.717) is 17.6 Å². The van der Waals surface area contributed by atoms with Crippen LogP contribution < -0.4 is 15.4 Å². The van der Waals surface area contributed by atoms with Crippen LogP contribution in [0, 0.1) is 5.92 Å². The highest BCUT2D eigenvalue weighted by Crippen LogP contribution is 2.31. The van der Waals surface area contributed by atoms with Gasteiger partial charge < -0.3 is 15.4 Å². The zero-order valence-electron chi connectivity index (χ0n) is 16.8. The van der Waals surface area contributed by atoms with Gasteiger partial charge in [-0.05, 0) is 24.1 Å². The van der Waals surface area contributed by atoms with Gasteiger partial charge in [-0.2, -0.15) is 4.98 Å². The van der Waals surface area contributed by atoms with Gasteiger partial charge in [0.05, 0.1) is 23.2 Å². The second-order valence-electron chi connectivity index (χ2n) is 7.40. The van der Waals surface area contributed by atoms with Crippen molar-refractivity contribution in [2.24, 2.45) is 5.92 Å². The lowest BCUT2D eigenvalue weighted by Crippen LogP contribution is -2.48. The predicted molar refractivity (Wildman–Crippen MR) is 113 cm³/mol. The normalized spacial score (nSPS) is 15.7. The van der Waals surface area contributed by atoms with Crippen LogP contribution in [0.4, 0.5) is 11.8 Å². The highest BCUT2D eigenvalue weighted by molar-refractivity contribution is 7.91.